The number of nitrogens with zero attached hydrogens (tertiary/aromatic N) is 4. The number of H-pyrrole nitrogens is 2. The average molecular weight is 458 g/mol. The third-order valence-electron chi connectivity index (χ3n) is 5.57. The molecular weight excluding hydrogens is 430 g/mol. The summed E-state index contributed by atoms with van der Waals surface area (Å²) < 4.78 is 5.49. The van der Waals surface area contributed by atoms with Crippen molar-refractivity contribution in [2.24, 2.45) is 0 Å². The molecule has 1 aliphatic rings. The first-order valence-corrected chi connectivity index (χ1v) is 11.2. The van der Waals surface area contributed by atoms with Crippen LogP contribution in [0.3, 0.4) is 0 Å². The summed E-state index contributed by atoms with van der Waals surface area (Å²) in [6.45, 7) is 6.77. The van der Waals surface area contributed by atoms with Gasteiger partial charge in [0.15, 0.2) is 5.82 Å². The van der Waals surface area contributed by atoms with Crippen LogP contribution in [0, 0.1) is 0 Å². The molecule has 4 aromatic rings. The third-order valence-corrected chi connectivity index (χ3v) is 5.57. The first-order valence-electron chi connectivity index (χ1n) is 11.2. The number of fused-ring (bicyclic) bond motifs is 1. The van der Waals surface area contributed by atoms with E-state index in [1.54, 1.807) is 17.4 Å². The topological polar surface area (TPSA) is 112 Å². The van der Waals surface area contributed by atoms with Gasteiger partial charge in [-0.05, 0) is 57.0 Å². The Morgan fingerprint density at radius 2 is 2.09 bits per heavy atom. The molecule has 0 aliphatic carbocycles. The standard InChI is InChI=1S/C25H27N7O2/c1-25(2,3)34-24(33)32-11-8-16(9-12-32)21-14-19-20(7-10-26-23(19)30-21)29-18-6-4-5-17(13-18)22-27-15-28-31-22/h4-8,10,13-15H,9,11-12H2,1-3H3,(H2,26,29,30)(H,27,28,31). The predicted octanol–water partition coefficient (Wildman–Crippen LogP) is 5.12. The van der Waals surface area contributed by atoms with Crippen LogP contribution in [0.2, 0.25) is 0 Å². The smallest absolute Gasteiger partial charge is 0.410 e. The van der Waals surface area contributed by atoms with Gasteiger partial charge in [0.1, 0.15) is 17.6 Å². The largest absolute Gasteiger partial charge is 0.444 e. The summed E-state index contributed by atoms with van der Waals surface area (Å²) in [6, 6.07) is 12.1. The number of nitrogens with one attached hydrogen (secondary N) is 3. The molecule has 1 aliphatic heterocycles. The van der Waals surface area contributed by atoms with E-state index in [0.717, 1.165) is 51.5 Å². The molecule has 0 unspecified atom stereocenters. The van der Waals surface area contributed by atoms with Gasteiger partial charge in [0.2, 0.25) is 0 Å². The summed E-state index contributed by atoms with van der Waals surface area (Å²) in [6.07, 6.45) is 5.89. The molecule has 9 nitrogen and oxygen atoms in total. The number of hydrogen-bond donors (Lipinski definition) is 3. The molecule has 1 aromatic carbocycles. The summed E-state index contributed by atoms with van der Waals surface area (Å²) in [5.74, 6) is 0.720. The van der Waals surface area contributed by atoms with Gasteiger partial charge in [0, 0.05) is 41.6 Å². The summed E-state index contributed by atoms with van der Waals surface area (Å²) >= 11 is 0. The zero-order valence-corrected chi connectivity index (χ0v) is 19.4. The number of pyridine rings is 1. The third kappa shape index (κ3) is 4.63. The van der Waals surface area contributed by atoms with Crippen LogP contribution in [0.1, 0.15) is 32.9 Å². The number of rotatable bonds is 4. The fourth-order valence-electron chi connectivity index (χ4n) is 3.96. The van der Waals surface area contributed by atoms with E-state index < -0.39 is 5.60 Å². The minimum absolute atomic E-state index is 0.278. The summed E-state index contributed by atoms with van der Waals surface area (Å²) in [5, 5.41) is 12.4. The Balaban J connectivity index is 1.36. The van der Waals surface area contributed by atoms with Crippen molar-refractivity contribution in [3.8, 4) is 11.4 Å². The molecule has 3 N–H and O–H groups in total. The van der Waals surface area contributed by atoms with Crippen molar-refractivity contribution in [2.45, 2.75) is 32.8 Å². The quantitative estimate of drug-likeness (QED) is 0.392. The van der Waals surface area contributed by atoms with Gasteiger partial charge in [-0.3, -0.25) is 0 Å². The molecule has 0 bridgehead atoms. The zero-order chi connectivity index (χ0) is 23.7. The van der Waals surface area contributed by atoms with Gasteiger partial charge in [-0.15, -0.1) is 10.2 Å². The Hall–Kier alpha value is -4.14. The molecule has 34 heavy (non-hydrogen) atoms. The summed E-state index contributed by atoms with van der Waals surface area (Å²) in [7, 11) is 0. The second-order valence-electron chi connectivity index (χ2n) is 9.25. The van der Waals surface area contributed by atoms with Crippen molar-refractivity contribution in [2.75, 3.05) is 18.4 Å². The van der Waals surface area contributed by atoms with E-state index in [2.05, 4.69) is 42.6 Å². The monoisotopic (exact) mass is 457 g/mol. The minimum atomic E-state index is -0.498. The fraction of sp³-hybridized carbons (Fsp3) is 0.280. The maximum Gasteiger partial charge on any atom is 0.410 e. The Morgan fingerprint density at radius 3 is 2.82 bits per heavy atom. The number of ether oxygens (including phenoxy) is 1. The number of carbonyl (C=O) groups is 1. The van der Waals surface area contributed by atoms with E-state index in [0.29, 0.717) is 13.1 Å². The van der Waals surface area contributed by atoms with Crippen molar-refractivity contribution < 1.29 is 9.53 Å². The lowest BCUT2D eigenvalue weighted by Gasteiger charge is -2.29. The van der Waals surface area contributed by atoms with Gasteiger partial charge in [-0.1, -0.05) is 18.2 Å². The van der Waals surface area contributed by atoms with Crippen LogP contribution in [0.4, 0.5) is 16.2 Å². The molecule has 1 amide bonds. The first kappa shape index (κ1) is 21.7. The van der Waals surface area contributed by atoms with Crippen LogP contribution >= 0.6 is 0 Å². The molecule has 0 radical (unpaired) electrons. The second kappa shape index (κ2) is 8.66. The summed E-state index contributed by atoms with van der Waals surface area (Å²) in [5.41, 5.74) is 5.32. The molecule has 5 rings (SSSR count). The number of amides is 1. The average Bonchev–Trinajstić information content (AvgIpc) is 3.49. The Kier molecular flexibility index (Phi) is 5.53. The molecule has 9 heteroatoms. The lowest BCUT2D eigenvalue weighted by Crippen LogP contribution is -2.39. The number of benzene rings is 1. The Morgan fingerprint density at radius 1 is 1.21 bits per heavy atom. The molecule has 0 saturated carbocycles. The van der Waals surface area contributed by atoms with Gasteiger partial charge < -0.3 is 24.9 Å². The summed E-state index contributed by atoms with van der Waals surface area (Å²) in [4.78, 5) is 25.1. The first-order chi connectivity index (χ1) is 16.4. The lowest BCUT2D eigenvalue weighted by molar-refractivity contribution is 0.0270. The van der Waals surface area contributed by atoms with Crippen molar-refractivity contribution in [3.63, 3.8) is 0 Å². The molecule has 3 aromatic heterocycles. The number of aromatic amines is 2. The molecule has 0 saturated heterocycles. The van der Waals surface area contributed by atoms with Crippen LogP contribution in [-0.2, 0) is 4.74 Å². The van der Waals surface area contributed by atoms with Gasteiger partial charge in [0.25, 0.3) is 0 Å². The second-order valence-corrected chi connectivity index (χ2v) is 9.25. The lowest BCUT2D eigenvalue weighted by atomic mass is 10.0. The normalized spacial score (nSPS) is 14.2. The molecule has 4 heterocycles. The highest BCUT2D eigenvalue weighted by atomic mass is 16.6. The van der Waals surface area contributed by atoms with E-state index in [-0.39, 0.29) is 6.09 Å². The highest BCUT2D eigenvalue weighted by Crippen LogP contribution is 2.31. The maximum atomic E-state index is 12.4. The number of hydrogen-bond acceptors (Lipinski definition) is 6. The SMILES string of the molecule is CC(C)(C)OC(=O)N1CC=C(c2cc3c(Nc4cccc(-c5nnc[nH]5)c4)ccnc3[nH]2)CC1. The van der Waals surface area contributed by atoms with Crippen molar-refractivity contribution in [1.29, 1.82) is 0 Å². The van der Waals surface area contributed by atoms with Crippen molar-refractivity contribution in [3.05, 3.63) is 60.7 Å². The predicted molar refractivity (Wildman–Crippen MR) is 132 cm³/mol. The van der Waals surface area contributed by atoms with Gasteiger partial charge in [-0.25, -0.2) is 9.78 Å². The zero-order valence-electron chi connectivity index (χ0n) is 19.4. The number of anilines is 2. The molecular formula is C25H27N7O2. The highest BCUT2D eigenvalue weighted by molar-refractivity contribution is 5.94. The highest BCUT2D eigenvalue weighted by Gasteiger charge is 2.24. The maximum absolute atomic E-state index is 12.4. The van der Waals surface area contributed by atoms with E-state index >= 15 is 0 Å². The van der Waals surface area contributed by atoms with Crippen molar-refractivity contribution in [1.82, 2.24) is 30.0 Å². The van der Waals surface area contributed by atoms with Gasteiger partial charge >= 0.3 is 6.09 Å². The van der Waals surface area contributed by atoms with Crippen molar-refractivity contribution >= 4 is 34.1 Å². The molecule has 174 valence electrons. The van der Waals surface area contributed by atoms with Crippen LogP contribution < -0.4 is 5.32 Å². The molecule has 0 atom stereocenters. The molecule has 0 fully saturated rings. The Labute approximate surface area is 197 Å². The van der Waals surface area contributed by atoms with E-state index in [9.17, 15) is 4.79 Å². The van der Waals surface area contributed by atoms with Crippen LogP contribution in [-0.4, -0.2) is 54.8 Å². The van der Waals surface area contributed by atoms with E-state index in [1.807, 2.05) is 51.1 Å². The Bertz CT molecular complexity index is 1350. The van der Waals surface area contributed by atoms with Crippen LogP contribution in [0.5, 0.6) is 0 Å². The van der Waals surface area contributed by atoms with Crippen LogP contribution in [0.15, 0.2) is 55.0 Å². The number of aromatic nitrogens is 5. The van der Waals surface area contributed by atoms with E-state index in [4.69, 9.17) is 4.74 Å². The van der Waals surface area contributed by atoms with E-state index in [1.165, 1.54) is 0 Å². The van der Waals surface area contributed by atoms with Gasteiger partial charge in [-0.2, -0.15) is 0 Å². The number of carbonyl (C=O) groups excluding carboxylic acids is 1. The van der Waals surface area contributed by atoms with Gasteiger partial charge in [0.05, 0.1) is 5.69 Å². The fourth-order valence-corrected chi connectivity index (χ4v) is 3.96. The van der Waals surface area contributed by atoms with Crippen LogP contribution in [0.25, 0.3) is 28.0 Å². The minimum Gasteiger partial charge on any atom is -0.444 e. The molecule has 0 spiro atoms.